The van der Waals surface area contributed by atoms with Crippen LogP contribution < -0.4 is 0 Å². The fraction of sp³-hybridized carbons (Fsp3) is 0.167. The van der Waals surface area contributed by atoms with Gasteiger partial charge in [0.15, 0.2) is 0 Å². The Kier molecular flexibility index (Phi) is 3.39. The molecule has 0 aliphatic carbocycles. The molecule has 0 saturated carbocycles. The summed E-state index contributed by atoms with van der Waals surface area (Å²) in [6.07, 6.45) is 0. The molecular formula is C12H13NO2. The molecule has 15 heavy (non-hydrogen) atoms. The molecule has 0 N–H and O–H groups in total. The summed E-state index contributed by atoms with van der Waals surface area (Å²) in [5.41, 5.74) is 0.844. The van der Waals surface area contributed by atoms with Gasteiger partial charge in [-0.3, -0.25) is 14.5 Å². The van der Waals surface area contributed by atoms with Crippen molar-refractivity contribution >= 4 is 11.8 Å². The van der Waals surface area contributed by atoms with E-state index in [2.05, 4.69) is 6.58 Å². The molecule has 3 heteroatoms. The van der Waals surface area contributed by atoms with Crippen LogP contribution in [-0.4, -0.2) is 23.8 Å². The Hall–Kier alpha value is -1.90. The Balaban J connectivity index is 2.87. The van der Waals surface area contributed by atoms with Gasteiger partial charge in [-0.2, -0.15) is 0 Å². The lowest BCUT2D eigenvalue weighted by Gasteiger charge is -2.14. The maximum Gasteiger partial charge on any atom is 0.260 e. The summed E-state index contributed by atoms with van der Waals surface area (Å²) in [4.78, 5) is 24.3. The average molecular weight is 203 g/mol. The van der Waals surface area contributed by atoms with Crippen molar-refractivity contribution in [1.29, 1.82) is 0 Å². The third kappa shape index (κ3) is 2.53. The van der Waals surface area contributed by atoms with E-state index in [1.165, 1.54) is 7.05 Å². The molecule has 2 amide bonds. The van der Waals surface area contributed by atoms with Crippen LogP contribution in [0.15, 0.2) is 42.5 Å². The quantitative estimate of drug-likeness (QED) is 0.688. The molecule has 1 aromatic rings. The smallest absolute Gasteiger partial charge is 0.260 e. The predicted molar refractivity (Wildman–Crippen MR) is 58.4 cm³/mol. The first-order chi connectivity index (χ1) is 7.04. The number of amides is 2. The van der Waals surface area contributed by atoms with Gasteiger partial charge in [0.2, 0.25) is 0 Å². The SMILES string of the molecule is C=C(C)C(=O)N(C)C(=O)c1ccccc1. The minimum absolute atomic E-state index is 0.316. The van der Waals surface area contributed by atoms with E-state index in [0.717, 1.165) is 4.90 Å². The van der Waals surface area contributed by atoms with Crippen LogP contribution in [0.25, 0.3) is 0 Å². The molecule has 0 aliphatic heterocycles. The predicted octanol–water partition coefficient (Wildman–Crippen LogP) is 1.86. The number of hydrogen-bond donors (Lipinski definition) is 0. The highest BCUT2D eigenvalue weighted by atomic mass is 16.2. The van der Waals surface area contributed by atoms with Crippen molar-refractivity contribution in [2.24, 2.45) is 0 Å². The zero-order valence-electron chi connectivity index (χ0n) is 8.86. The maximum atomic E-state index is 11.8. The molecule has 0 saturated heterocycles. The van der Waals surface area contributed by atoms with Gasteiger partial charge in [0.05, 0.1) is 0 Å². The molecule has 3 nitrogen and oxygen atoms in total. The van der Waals surface area contributed by atoms with Crippen molar-refractivity contribution in [1.82, 2.24) is 4.90 Å². The lowest BCUT2D eigenvalue weighted by Crippen LogP contribution is -2.33. The summed E-state index contributed by atoms with van der Waals surface area (Å²) in [6, 6.07) is 8.67. The lowest BCUT2D eigenvalue weighted by molar-refractivity contribution is -0.123. The number of rotatable bonds is 2. The van der Waals surface area contributed by atoms with E-state index in [1.807, 2.05) is 6.07 Å². The molecule has 0 spiro atoms. The minimum Gasteiger partial charge on any atom is -0.278 e. The van der Waals surface area contributed by atoms with Gasteiger partial charge in [-0.25, -0.2) is 0 Å². The second kappa shape index (κ2) is 4.55. The topological polar surface area (TPSA) is 37.4 Å². The highest BCUT2D eigenvalue weighted by Gasteiger charge is 2.18. The molecular weight excluding hydrogens is 190 g/mol. The Labute approximate surface area is 89.0 Å². The summed E-state index contributed by atoms with van der Waals surface area (Å²) >= 11 is 0. The molecule has 0 bridgehead atoms. The van der Waals surface area contributed by atoms with Gasteiger partial charge in [-0.05, 0) is 19.1 Å². The van der Waals surface area contributed by atoms with Crippen molar-refractivity contribution in [2.75, 3.05) is 7.05 Å². The van der Waals surface area contributed by atoms with Gasteiger partial charge in [0.1, 0.15) is 0 Å². The summed E-state index contributed by atoms with van der Waals surface area (Å²) < 4.78 is 0. The summed E-state index contributed by atoms with van der Waals surface area (Å²) in [5.74, 6) is -0.674. The monoisotopic (exact) mass is 203 g/mol. The van der Waals surface area contributed by atoms with Gasteiger partial charge in [0, 0.05) is 18.2 Å². The van der Waals surface area contributed by atoms with Crippen molar-refractivity contribution in [2.45, 2.75) is 6.92 Å². The first-order valence-electron chi connectivity index (χ1n) is 4.57. The molecule has 0 atom stereocenters. The average Bonchev–Trinajstić information content (AvgIpc) is 2.27. The van der Waals surface area contributed by atoms with E-state index in [1.54, 1.807) is 31.2 Å². The summed E-state index contributed by atoms with van der Waals surface area (Å²) in [7, 11) is 1.45. The zero-order valence-corrected chi connectivity index (χ0v) is 8.86. The lowest BCUT2D eigenvalue weighted by atomic mass is 10.2. The molecule has 0 aromatic heterocycles. The van der Waals surface area contributed by atoms with Gasteiger partial charge in [-0.1, -0.05) is 24.8 Å². The number of imide groups is 1. The molecule has 1 aromatic carbocycles. The van der Waals surface area contributed by atoms with Gasteiger partial charge in [-0.15, -0.1) is 0 Å². The van der Waals surface area contributed by atoms with E-state index in [4.69, 9.17) is 0 Å². The highest BCUT2D eigenvalue weighted by molar-refractivity contribution is 6.09. The van der Waals surface area contributed by atoms with Crippen molar-refractivity contribution < 1.29 is 9.59 Å². The third-order valence-corrected chi connectivity index (χ3v) is 2.00. The van der Waals surface area contributed by atoms with Crippen LogP contribution in [0.3, 0.4) is 0 Å². The number of hydrogen-bond acceptors (Lipinski definition) is 2. The standard InChI is InChI=1S/C12H13NO2/c1-9(2)11(14)13(3)12(15)10-7-5-4-6-8-10/h4-8H,1H2,2-3H3. The number of carbonyl (C=O) groups is 2. The largest absolute Gasteiger partial charge is 0.278 e. The fourth-order valence-electron chi connectivity index (χ4n) is 1.15. The van der Waals surface area contributed by atoms with Crippen LogP contribution in [0.1, 0.15) is 17.3 Å². The van der Waals surface area contributed by atoms with E-state index in [0.29, 0.717) is 11.1 Å². The summed E-state index contributed by atoms with van der Waals surface area (Å²) in [6.45, 7) is 5.09. The van der Waals surface area contributed by atoms with Crippen LogP contribution in [0.4, 0.5) is 0 Å². The van der Waals surface area contributed by atoms with Crippen LogP contribution >= 0.6 is 0 Å². The van der Waals surface area contributed by atoms with Crippen molar-refractivity contribution in [3.05, 3.63) is 48.0 Å². The Morgan fingerprint density at radius 3 is 2.20 bits per heavy atom. The number of benzene rings is 1. The Bertz CT molecular complexity index is 395. The van der Waals surface area contributed by atoms with Gasteiger partial charge >= 0.3 is 0 Å². The number of likely N-dealkylation sites (N-methyl/N-ethyl adjacent to an activating group) is 1. The van der Waals surface area contributed by atoms with Crippen LogP contribution in [0.2, 0.25) is 0 Å². The minimum atomic E-state index is -0.358. The normalized spacial score (nSPS) is 9.47. The molecule has 0 unspecified atom stereocenters. The van der Waals surface area contributed by atoms with Gasteiger partial charge < -0.3 is 0 Å². The highest BCUT2D eigenvalue weighted by Crippen LogP contribution is 2.05. The molecule has 0 fully saturated rings. The summed E-state index contributed by atoms with van der Waals surface area (Å²) in [5, 5.41) is 0. The zero-order chi connectivity index (χ0) is 11.4. The van der Waals surface area contributed by atoms with E-state index in [9.17, 15) is 9.59 Å². The fourth-order valence-corrected chi connectivity index (χ4v) is 1.15. The molecule has 0 radical (unpaired) electrons. The molecule has 1 rings (SSSR count). The van der Waals surface area contributed by atoms with Crippen LogP contribution in [-0.2, 0) is 4.79 Å². The maximum absolute atomic E-state index is 11.8. The van der Waals surface area contributed by atoms with Gasteiger partial charge in [0.25, 0.3) is 11.8 Å². The first kappa shape index (κ1) is 11.2. The molecule has 0 heterocycles. The van der Waals surface area contributed by atoms with Crippen LogP contribution in [0.5, 0.6) is 0 Å². The van der Waals surface area contributed by atoms with Crippen LogP contribution in [0, 0.1) is 0 Å². The van der Waals surface area contributed by atoms with E-state index >= 15 is 0 Å². The number of carbonyl (C=O) groups excluding carboxylic acids is 2. The Morgan fingerprint density at radius 1 is 1.20 bits per heavy atom. The molecule has 0 aliphatic rings. The van der Waals surface area contributed by atoms with Crippen molar-refractivity contribution in [3.63, 3.8) is 0 Å². The third-order valence-electron chi connectivity index (χ3n) is 2.00. The van der Waals surface area contributed by atoms with Crippen molar-refractivity contribution in [3.8, 4) is 0 Å². The first-order valence-corrected chi connectivity index (χ1v) is 4.57. The molecule has 78 valence electrons. The second-order valence-corrected chi connectivity index (χ2v) is 3.32. The van der Waals surface area contributed by atoms with E-state index < -0.39 is 0 Å². The second-order valence-electron chi connectivity index (χ2n) is 3.32. The number of nitrogens with zero attached hydrogens (tertiary/aromatic N) is 1. The Morgan fingerprint density at radius 2 is 1.73 bits per heavy atom. The van der Waals surface area contributed by atoms with E-state index in [-0.39, 0.29) is 11.8 Å².